The second-order valence-corrected chi connectivity index (χ2v) is 12.0. The first kappa shape index (κ1) is 25.4. The summed E-state index contributed by atoms with van der Waals surface area (Å²) >= 11 is 0. The number of carboxylic acid groups (broad SMARTS) is 1. The molecule has 1 unspecified atom stereocenters. The molecule has 5 fully saturated rings. The van der Waals surface area contributed by atoms with E-state index in [1.807, 2.05) is 13.0 Å². The number of halogens is 1. The Hall–Kier alpha value is -1.85. The highest BCUT2D eigenvalue weighted by Crippen LogP contribution is 2.74. The molecule has 4 aliphatic carbocycles. The molecule has 9 atom stereocenters. The van der Waals surface area contributed by atoms with Crippen LogP contribution in [0.2, 0.25) is 0 Å². The summed E-state index contributed by atoms with van der Waals surface area (Å²) in [5.41, 5.74) is -2.92. The van der Waals surface area contributed by atoms with Crippen LogP contribution in [-0.4, -0.2) is 71.9 Å². The predicted octanol–water partition coefficient (Wildman–Crippen LogP) is 3.33. The van der Waals surface area contributed by atoms with E-state index in [1.54, 1.807) is 12.2 Å². The average Bonchev–Trinajstić information content (AvgIpc) is 3.53. The fraction of sp³-hybridized carbons (Fsp3) is 0.778. The Morgan fingerprint density at radius 3 is 2.76 bits per heavy atom. The monoisotopic (exact) mass is 521 g/mol. The van der Waals surface area contributed by atoms with Gasteiger partial charge in [0, 0.05) is 16.7 Å². The fourth-order valence-electron chi connectivity index (χ4n) is 9.06. The van der Waals surface area contributed by atoms with Gasteiger partial charge < -0.3 is 34.0 Å². The number of oxime groups is 1. The second kappa shape index (κ2) is 8.32. The van der Waals surface area contributed by atoms with Crippen LogP contribution in [0.15, 0.2) is 29.0 Å². The third-order valence-corrected chi connectivity index (χ3v) is 10.6. The van der Waals surface area contributed by atoms with Crippen LogP contribution in [0.25, 0.3) is 0 Å². The molecule has 204 valence electrons. The van der Waals surface area contributed by atoms with Crippen molar-refractivity contribution in [2.75, 3.05) is 26.8 Å². The summed E-state index contributed by atoms with van der Waals surface area (Å²) in [7, 11) is 0. The molecular formula is C27H36FNO8. The smallest absolute Gasteiger partial charge is 0.306 e. The third-order valence-electron chi connectivity index (χ3n) is 10.6. The van der Waals surface area contributed by atoms with Gasteiger partial charge >= 0.3 is 5.97 Å². The summed E-state index contributed by atoms with van der Waals surface area (Å²) in [6.07, 6.45) is 6.18. The van der Waals surface area contributed by atoms with Crippen LogP contribution in [-0.2, 0) is 28.6 Å². The normalized spacial score (nSPS) is 51.3. The van der Waals surface area contributed by atoms with Gasteiger partial charge in [0.15, 0.2) is 19.3 Å². The lowest BCUT2D eigenvalue weighted by molar-refractivity contribution is -0.277. The molecule has 2 aliphatic heterocycles. The summed E-state index contributed by atoms with van der Waals surface area (Å²) in [6, 6.07) is 0. The molecule has 2 N–H and O–H groups in total. The lowest BCUT2D eigenvalue weighted by Crippen LogP contribution is -2.71. The maximum Gasteiger partial charge on any atom is 0.306 e. The number of ether oxygens (including phenoxy) is 4. The van der Waals surface area contributed by atoms with Crippen LogP contribution < -0.4 is 0 Å². The highest BCUT2D eigenvalue weighted by Gasteiger charge is 2.81. The van der Waals surface area contributed by atoms with Crippen LogP contribution in [0.4, 0.5) is 4.39 Å². The van der Waals surface area contributed by atoms with Crippen LogP contribution in [0.1, 0.15) is 52.9 Å². The van der Waals surface area contributed by atoms with Crippen molar-refractivity contribution in [3.05, 3.63) is 23.8 Å². The number of aliphatic carboxylic acids is 1. The van der Waals surface area contributed by atoms with E-state index in [-0.39, 0.29) is 57.4 Å². The molecule has 2 heterocycles. The summed E-state index contributed by atoms with van der Waals surface area (Å²) < 4.78 is 41.8. The molecule has 6 aliphatic rings. The van der Waals surface area contributed by atoms with Crippen molar-refractivity contribution in [2.45, 2.75) is 76.0 Å². The maximum absolute atomic E-state index is 17.6. The quantitative estimate of drug-likeness (QED) is 0.428. The van der Waals surface area contributed by atoms with E-state index in [9.17, 15) is 9.90 Å². The Bertz CT molecular complexity index is 1070. The largest absolute Gasteiger partial charge is 0.481 e. The maximum atomic E-state index is 17.6. The topological polar surface area (TPSA) is 116 Å². The van der Waals surface area contributed by atoms with E-state index in [2.05, 4.69) is 19.0 Å². The van der Waals surface area contributed by atoms with Crippen LogP contribution in [0.3, 0.4) is 0 Å². The zero-order valence-electron chi connectivity index (χ0n) is 21.6. The van der Waals surface area contributed by atoms with E-state index in [1.165, 1.54) is 0 Å². The molecule has 0 aromatic carbocycles. The highest BCUT2D eigenvalue weighted by atomic mass is 19.1. The van der Waals surface area contributed by atoms with Gasteiger partial charge in [-0.3, -0.25) is 4.79 Å². The SMILES string of the molecule is C[C@@H]1C[C@H]2[C@@H]3CCC4=C/C(=N/OCCC(=O)O)C=C[C@]4(C)[C@@]3(F)[C@@H](O)C[C@]2(C)[C@]12OCOC21COCO1. The van der Waals surface area contributed by atoms with E-state index in [0.717, 1.165) is 12.0 Å². The molecule has 0 aromatic heterocycles. The molecule has 6 rings (SSSR count). The van der Waals surface area contributed by atoms with E-state index < -0.39 is 40.0 Å². The third kappa shape index (κ3) is 3.07. The molecular weight excluding hydrogens is 485 g/mol. The van der Waals surface area contributed by atoms with Gasteiger partial charge in [-0.15, -0.1) is 0 Å². The van der Waals surface area contributed by atoms with Crippen LogP contribution in [0, 0.1) is 28.6 Å². The minimum absolute atomic E-state index is 0.0228. The van der Waals surface area contributed by atoms with Gasteiger partial charge in [-0.2, -0.15) is 0 Å². The fourth-order valence-corrected chi connectivity index (χ4v) is 9.06. The molecule has 0 bridgehead atoms. The van der Waals surface area contributed by atoms with Crippen molar-refractivity contribution in [2.24, 2.45) is 33.7 Å². The van der Waals surface area contributed by atoms with Crippen molar-refractivity contribution in [1.82, 2.24) is 0 Å². The van der Waals surface area contributed by atoms with Crippen molar-refractivity contribution in [1.29, 1.82) is 0 Å². The lowest BCUT2D eigenvalue weighted by Gasteiger charge is -2.63. The van der Waals surface area contributed by atoms with Gasteiger partial charge in [0.2, 0.25) is 5.79 Å². The number of alkyl halides is 1. The first-order valence-electron chi connectivity index (χ1n) is 13.2. The van der Waals surface area contributed by atoms with Crippen LogP contribution in [0.5, 0.6) is 0 Å². The van der Waals surface area contributed by atoms with E-state index >= 15 is 4.39 Å². The number of hydrogen-bond acceptors (Lipinski definition) is 8. The van der Waals surface area contributed by atoms with Crippen molar-refractivity contribution >= 4 is 11.7 Å². The second-order valence-electron chi connectivity index (χ2n) is 12.0. The number of rotatable bonds is 4. The highest BCUT2D eigenvalue weighted by molar-refractivity contribution is 6.05. The van der Waals surface area contributed by atoms with Crippen molar-refractivity contribution in [3.8, 4) is 0 Å². The molecule has 2 saturated heterocycles. The molecule has 37 heavy (non-hydrogen) atoms. The Morgan fingerprint density at radius 1 is 1.24 bits per heavy atom. The van der Waals surface area contributed by atoms with Gasteiger partial charge in [-0.05, 0) is 56.6 Å². The molecule has 2 spiro atoms. The number of aliphatic hydroxyl groups excluding tert-OH is 1. The van der Waals surface area contributed by atoms with Crippen molar-refractivity contribution < 1.29 is 43.2 Å². The number of hydrogen-bond donors (Lipinski definition) is 2. The summed E-state index contributed by atoms with van der Waals surface area (Å²) in [5.74, 6) is -2.42. The number of carbonyl (C=O) groups is 1. The Labute approximate surface area is 215 Å². The molecule has 10 heteroatoms. The Morgan fingerprint density at radius 2 is 2.03 bits per heavy atom. The molecule has 0 radical (unpaired) electrons. The van der Waals surface area contributed by atoms with Gasteiger partial charge in [0.25, 0.3) is 0 Å². The van der Waals surface area contributed by atoms with Gasteiger partial charge in [0.1, 0.15) is 24.5 Å². The zero-order chi connectivity index (χ0) is 26.3. The zero-order valence-corrected chi connectivity index (χ0v) is 21.6. The molecule has 3 saturated carbocycles. The lowest BCUT2D eigenvalue weighted by atomic mass is 9.44. The first-order valence-corrected chi connectivity index (χ1v) is 13.2. The van der Waals surface area contributed by atoms with Gasteiger partial charge in [0.05, 0.1) is 12.5 Å². The van der Waals surface area contributed by atoms with Crippen molar-refractivity contribution in [3.63, 3.8) is 0 Å². The summed E-state index contributed by atoms with van der Waals surface area (Å²) in [5, 5.41) is 24.5. The molecule has 0 amide bonds. The number of aliphatic hydroxyl groups is 1. The summed E-state index contributed by atoms with van der Waals surface area (Å²) in [6.45, 7) is 6.53. The summed E-state index contributed by atoms with van der Waals surface area (Å²) in [4.78, 5) is 15.9. The predicted molar refractivity (Wildman–Crippen MR) is 128 cm³/mol. The van der Waals surface area contributed by atoms with E-state index in [0.29, 0.717) is 18.6 Å². The van der Waals surface area contributed by atoms with E-state index in [4.69, 9.17) is 28.9 Å². The number of allylic oxidation sites excluding steroid dienone is 4. The van der Waals surface area contributed by atoms with Crippen LogP contribution >= 0.6 is 0 Å². The van der Waals surface area contributed by atoms with Gasteiger partial charge in [-0.1, -0.05) is 30.7 Å². The molecule has 9 nitrogen and oxygen atoms in total. The number of fused-ring (bicyclic) bond motifs is 7. The Balaban J connectivity index is 1.33. The average molecular weight is 522 g/mol. The first-order chi connectivity index (χ1) is 17.5. The Kier molecular flexibility index (Phi) is 5.72. The molecule has 0 aromatic rings. The number of nitrogens with zero attached hydrogens (tertiary/aromatic N) is 1. The minimum Gasteiger partial charge on any atom is -0.481 e. The standard InChI is InChI=1S/C27H36FNO8/c1-16-10-20-19-5-4-17-11-18(29-37-9-7-22(31)32)6-8-23(17,2)26(19,28)21(30)12-24(20,3)27(16)25(35-15-36-27)13-33-14-34-25/h6,8,11,16,19-21,30H,4-5,7,9-10,12-15H2,1-3H3,(H,31,32)/b29-18+/t16-,19+,20+,21+,23+,24+,25?,26+,27-/m1/s1. The minimum atomic E-state index is -1.88. The van der Waals surface area contributed by atoms with Gasteiger partial charge in [-0.25, -0.2) is 4.39 Å². The number of carboxylic acids is 1.